The molecule has 0 saturated heterocycles. The largest absolute Gasteiger partial charge is 0.337 e. The topological polar surface area (TPSA) is 87.7 Å². The zero-order valence-corrected chi connectivity index (χ0v) is 17.2. The predicted octanol–water partition coefficient (Wildman–Crippen LogP) is 2.51. The van der Waals surface area contributed by atoms with E-state index in [0.29, 0.717) is 0 Å². The molecule has 1 aliphatic rings. The minimum atomic E-state index is -3.89. The number of benzene rings is 1. The second-order valence-electron chi connectivity index (χ2n) is 6.48. The maximum atomic E-state index is 12.6. The van der Waals surface area contributed by atoms with Gasteiger partial charge in [0.2, 0.25) is 5.91 Å². The molecule has 9 heteroatoms. The number of sulfonamides is 1. The molecular weight excluding hydrogens is 386 g/mol. The summed E-state index contributed by atoms with van der Waals surface area (Å²) in [5, 5.41) is 0.932. The number of aromatic nitrogens is 1. The van der Waals surface area contributed by atoms with Gasteiger partial charge < -0.3 is 4.90 Å². The molecule has 2 aromatic rings. The first-order chi connectivity index (χ1) is 12.6. The maximum absolute atomic E-state index is 12.6. The van der Waals surface area contributed by atoms with Gasteiger partial charge in [0.1, 0.15) is 4.90 Å². The van der Waals surface area contributed by atoms with Crippen LogP contribution in [0.5, 0.6) is 0 Å². The van der Waals surface area contributed by atoms with Crippen molar-refractivity contribution in [3.05, 3.63) is 45.4 Å². The quantitative estimate of drug-likeness (QED) is 0.760. The average Bonchev–Trinajstić information content (AvgIpc) is 3.06. The first kappa shape index (κ1) is 19.5. The minimum absolute atomic E-state index is 0.00209. The van der Waals surface area contributed by atoms with Gasteiger partial charge in [-0.25, -0.2) is 17.7 Å². The van der Waals surface area contributed by atoms with Crippen LogP contribution in [0, 0.1) is 13.8 Å². The minimum Gasteiger partial charge on any atom is -0.337 e. The van der Waals surface area contributed by atoms with Crippen molar-refractivity contribution in [1.29, 1.82) is 0 Å². The van der Waals surface area contributed by atoms with Gasteiger partial charge in [0, 0.05) is 24.9 Å². The monoisotopic (exact) mass is 407 g/mol. The van der Waals surface area contributed by atoms with Crippen LogP contribution in [-0.2, 0) is 14.8 Å². The molecule has 1 aliphatic heterocycles. The summed E-state index contributed by atoms with van der Waals surface area (Å²) in [4.78, 5) is 32.1. The number of nitrogens with zero attached hydrogens (tertiary/aromatic N) is 3. The third kappa shape index (κ3) is 3.37. The molecule has 144 valence electrons. The highest BCUT2D eigenvalue weighted by Crippen LogP contribution is 2.30. The van der Waals surface area contributed by atoms with E-state index in [0.717, 1.165) is 19.9 Å². The van der Waals surface area contributed by atoms with Crippen molar-refractivity contribution in [2.75, 3.05) is 13.6 Å². The van der Waals surface area contributed by atoms with Crippen LogP contribution in [-0.4, -0.2) is 48.0 Å². The number of thiazole rings is 1. The van der Waals surface area contributed by atoms with Crippen molar-refractivity contribution in [3.63, 3.8) is 0 Å². The Labute approximate surface area is 162 Å². The fourth-order valence-corrected chi connectivity index (χ4v) is 5.64. The summed E-state index contributed by atoms with van der Waals surface area (Å²) in [6.45, 7) is 5.58. The number of hydrogen-bond acceptors (Lipinski definition) is 6. The van der Waals surface area contributed by atoms with E-state index in [1.165, 1.54) is 12.1 Å². The Morgan fingerprint density at radius 2 is 1.96 bits per heavy atom. The summed E-state index contributed by atoms with van der Waals surface area (Å²) in [5.74, 6) is -0.827. The van der Waals surface area contributed by atoms with Crippen molar-refractivity contribution >= 4 is 33.2 Å². The molecule has 1 aromatic carbocycles. The van der Waals surface area contributed by atoms with Crippen LogP contribution >= 0.6 is 11.3 Å². The summed E-state index contributed by atoms with van der Waals surface area (Å²) in [7, 11) is -2.23. The molecule has 27 heavy (non-hydrogen) atoms. The lowest BCUT2D eigenvalue weighted by atomic mass is 10.2. The molecule has 3 rings (SSSR count). The summed E-state index contributed by atoms with van der Waals surface area (Å²) >= 11 is 1.57. The summed E-state index contributed by atoms with van der Waals surface area (Å²) in [5.41, 5.74) is 0.992. The number of hydrogen-bond donors (Lipinski definition) is 0. The Morgan fingerprint density at radius 3 is 2.56 bits per heavy atom. The van der Waals surface area contributed by atoms with Crippen LogP contribution in [0.3, 0.4) is 0 Å². The van der Waals surface area contributed by atoms with Gasteiger partial charge in [0.05, 0.1) is 22.3 Å². The van der Waals surface area contributed by atoms with E-state index in [-0.39, 0.29) is 35.4 Å². The van der Waals surface area contributed by atoms with Gasteiger partial charge in [-0.05, 0) is 32.9 Å². The molecule has 0 aliphatic carbocycles. The summed E-state index contributed by atoms with van der Waals surface area (Å²) in [6.07, 6.45) is -0.0814. The van der Waals surface area contributed by atoms with E-state index in [1.807, 2.05) is 20.8 Å². The van der Waals surface area contributed by atoms with Crippen LogP contribution in [0.25, 0.3) is 0 Å². The lowest BCUT2D eigenvalue weighted by molar-refractivity contribution is -0.131. The Balaban J connectivity index is 1.71. The molecule has 7 nitrogen and oxygen atoms in total. The second-order valence-corrected chi connectivity index (χ2v) is 9.72. The normalized spacial score (nSPS) is 16.3. The van der Waals surface area contributed by atoms with Gasteiger partial charge in [0.15, 0.2) is 0 Å². The van der Waals surface area contributed by atoms with E-state index >= 15 is 0 Å². The first-order valence-electron chi connectivity index (χ1n) is 8.50. The molecule has 0 N–H and O–H groups in total. The molecule has 0 radical (unpaired) electrons. The fraction of sp³-hybridized carbons (Fsp3) is 0.389. The Kier molecular flexibility index (Phi) is 5.09. The third-order valence-corrected chi connectivity index (χ3v) is 7.49. The molecular formula is C18H21N3O4S2. The lowest BCUT2D eigenvalue weighted by Crippen LogP contribution is -2.36. The van der Waals surface area contributed by atoms with E-state index in [9.17, 15) is 18.0 Å². The molecule has 2 heterocycles. The number of fused-ring (bicyclic) bond motifs is 1. The molecule has 0 saturated carbocycles. The van der Waals surface area contributed by atoms with Crippen molar-refractivity contribution in [1.82, 2.24) is 14.2 Å². The average molecular weight is 408 g/mol. The number of amides is 2. The Bertz CT molecular complexity index is 1010. The maximum Gasteiger partial charge on any atom is 0.269 e. The van der Waals surface area contributed by atoms with Gasteiger partial charge in [-0.15, -0.1) is 11.3 Å². The molecule has 2 amide bonds. The highest BCUT2D eigenvalue weighted by molar-refractivity contribution is 7.90. The fourth-order valence-electron chi connectivity index (χ4n) is 3.16. The lowest BCUT2D eigenvalue weighted by Gasteiger charge is -2.25. The zero-order chi connectivity index (χ0) is 19.9. The van der Waals surface area contributed by atoms with Crippen LogP contribution in [0.1, 0.15) is 45.3 Å². The highest BCUT2D eigenvalue weighted by Gasteiger charge is 2.40. The van der Waals surface area contributed by atoms with Crippen molar-refractivity contribution in [3.8, 4) is 0 Å². The third-order valence-electron chi connectivity index (χ3n) is 4.75. The highest BCUT2D eigenvalue weighted by atomic mass is 32.2. The Morgan fingerprint density at radius 1 is 1.30 bits per heavy atom. The van der Waals surface area contributed by atoms with Crippen LogP contribution in [0.15, 0.2) is 29.2 Å². The molecule has 1 atom stereocenters. The van der Waals surface area contributed by atoms with Crippen molar-refractivity contribution < 1.29 is 18.0 Å². The Hall–Kier alpha value is -2.26. The zero-order valence-electron chi connectivity index (χ0n) is 15.6. The van der Waals surface area contributed by atoms with E-state index in [2.05, 4.69) is 4.98 Å². The number of aryl methyl sites for hydroxylation is 2. The van der Waals surface area contributed by atoms with Crippen LogP contribution in [0.2, 0.25) is 0 Å². The first-order valence-corrected chi connectivity index (χ1v) is 10.8. The van der Waals surface area contributed by atoms with Crippen molar-refractivity contribution in [2.45, 2.75) is 38.1 Å². The van der Waals surface area contributed by atoms with E-state index < -0.39 is 15.9 Å². The number of carbonyl (C=O) groups is 2. The SMILES string of the molecule is Cc1nc(C(C)N(C)C(=O)CCN2C(=O)c3ccccc3S2(=O)=O)c(C)s1. The van der Waals surface area contributed by atoms with E-state index in [1.54, 1.807) is 35.4 Å². The molecule has 0 fully saturated rings. The molecule has 1 aromatic heterocycles. The number of rotatable bonds is 5. The molecule has 0 spiro atoms. The van der Waals surface area contributed by atoms with Crippen LogP contribution < -0.4 is 0 Å². The van der Waals surface area contributed by atoms with Crippen molar-refractivity contribution in [2.24, 2.45) is 0 Å². The smallest absolute Gasteiger partial charge is 0.269 e. The predicted molar refractivity (Wildman–Crippen MR) is 102 cm³/mol. The van der Waals surface area contributed by atoms with Crippen LogP contribution in [0.4, 0.5) is 0 Å². The molecule has 0 bridgehead atoms. The van der Waals surface area contributed by atoms with Gasteiger partial charge >= 0.3 is 0 Å². The van der Waals surface area contributed by atoms with Gasteiger partial charge in [0.25, 0.3) is 15.9 Å². The van der Waals surface area contributed by atoms with Gasteiger partial charge in [-0.3, -0.25) is 9.59 Å². The van der Waals surface area contributed by atoms with Gasteiger partial charge in [-0.1, -0.05) is 12.1 Å². The summed E-state index contributed by atoms with van der Waals surface area (Å²) < 4.78 is 25.9. The standard InChI is InChI=1S/C18H21N3O4S2/c1-11(17-12(2)26-13(3)19-17)20(4)16(22)9-10-21-18(23)14-7-5-6-8-15(14)27(21,24)25/h5-8,11H,9-10H2,1-4H3. The molecule has 1 unspecified atom stereocenters. The second kappa shape index (κ2) is 7.05. The van der Waals surface area contributed by atoms with Gasteiger partial charge in [-0.2, -0.15) is 0 Å². The number of carbonyl (C=O) groups excluding carboxylic acids is 2. The summed E-state index contributed by atoms with van der Waals surface area (Å²) in [6, 6.07) is 5.86. The van der Waals surface area contributed by atoms with E-state index in [4.69, 9.17) is 0 Å².